The first-order valence-corrected chi connectivity index (χ1v) is 6.33. The van der Waals surface area contributed by atoms with Crippen LogP contribution in [0.5, 0.6) is 0 Å². The smallest absolute Gasteiger partial charge is 0.299 e. The van der Waals surface area contributed by atoms with E-state index in [0.717, 1.165) is 0 Å². The molecule has 6 heteroatoms. The lowest BCUT2D eigenvalue weighted by Gasteiger charge is -2.29. The van der Waals surface area contributed by atoms with E-state index in [4.69, 9.17) is 16.2 Å². The number of benzene rings is 1. The van der Waals surface area contributed by atoms with Crippen molar-refractivity contribution in [2.75, 3.05) is 0 Å². The molecule has 0 bridgehead atoms. The monoisotopic (exact) mass is 260 g/mol. The van der Waals surface area contributed by atoms with E-state index >= 15 is 0 Å². The maximum absolute atomic E-state index is 11.2. The molecule has 4 nitrogen and oxygen atoms in total. The highest BCUT2D eigenvalue weighted by Gasteiger charge is 2.45. The normalized spacial score (nSPS) is 24.2. The summed E-state index contributed by atoms with van der Waals surface area (Å²) in [7, 11) is -4.64. The van der Waals surface area contributed by atoms with Crippen LogP contribution in [-0.2, 0) is 15.1 Å². The van der Waals surface area contributed by atoms with Crippen molar-refractivity contribution in [3.05, 3.63) is 40.4 Å². The van der Waals surface area contributed by atoms with Gasteiger partial charge >= 0.3 is 0 Å². The van der Waals surface area contributed by atoms with Crippen molar-refractivity contribution in [1.82, 2.24) is 0 Å². The minimum absolute atomic E-state index is 0.0293. The quantitative estimate of drug-likeness (QED) is 0.755. The van der Waals surface area contributed by atoms with Crippen LogP contribution < -0.4 is 0 Å². The van der Waals surface area contributed by atoms with E-state index < -0.39 is 15.1 Å². The molecule has 1 aliphatic carbocycles. The van der Waals surface area contributed by atoms with Gasteiger partial charge in [-0.3, -0.25) is 4.55 Å². The average molecular weight is 261 g/mol. The number of aliphatic hydroxyl groups is 1. The van der Waals surface area contributed by atoms with Crippen LogP contribution in [-0.4, -0.2) is 18.1 Å². The van der Waals surface area contributed by atoms with Crippen molar-refractivity contribution in [1.29, 1.82) is 0 Å². The van der Waals surface area contributed by atoms with E-state index in [0.29, 0.717) is 5.56 Å². The van der Waals surface area contributed by atoms with Gasteiger partial charge in [0.15, 0.2) is 0 Å². The fourth-order valence-corrected chi connectivity index (χ4v) is 2.96. The van der Waals surface area contributed by atoms with Gasteiger partial charge in [-0.05, 0) is 11.6 Å². The van der Waals surface area contributed by atoms with Crippen molar-refractivity contribution in [3.8, 4) is 0 Å². The van der Waals surface area contributed by atoms with Gasteiger partial charge in [0.2, 0.25) is 4.93 Å². The van der Waals surface area contributed by atoms with Crippen molar-refractivity contribution in [3.63, 3.8) is 0 Å². The molecule has 1 aromatic carbocycles. The third-order valence-corrected chi connectivity index (χ3v) is 4.09. The molecule has 0 spiro atoms. The SMILES string of the molecule is O=S(=O)(O)C1(O)CC=Cc2cccc(Cl)c21. The Balaban J connectivity index is 2.79. The highest BCUT2D eigenvalue weighted by atomic mass is 35.5. The Kier molecular flexibility index (Phi) is 2.58. The van der Waals surface area contributed by atoms with Gasteiger partial charge < -0.3 is 5.11 Å². The van der Waals surface area contributed by atoms with Gasteiger partial charge in [0.05, 0.1) is 0 Å². The van der Waals surface area contributed by atoms with Gasteiger partial charge in [-0.25, -0.2) is 0 Å². The van der Waals surface area contributed by atoms with Gasteiger partial charge in [-0.2, -0.15) is 8.42 Å². The van der Waals surface area contributed by atoms with Crippen LogP contribution in [0.15, 0.2) is 24.3 Å². The Labute approximate surface area is 97.9 Å². The molecule has 2 rings (SSSR count). The molecule has 0 saturated heterocycles. The molecule has 0 amide bonds. The minimum Gasteiger partial charge on any atom is -0.369 e. The lowest BCUT2D eigenvalue weighted by atomic mass is 9.94. The summed E-state index contributed by atoms with van der Waals surface area (Å²) in [5.41, 5.74) is 0.514. The Morgan fingerprint density at radius 3 is 2.69 bits per heavy atom. The zero-order valence-corrected chi connectivity index (χ0v) is 9.66. The maximum Gasteiger partial charge on any atom is 0.299 e. The van der Waals surface area contributed by atoms with E-state index in [1.807, 2.05) is 0 Å². The summed E-state index contributed by atoms with van der Waals surface area (Å²) in [5.74, 6) is 0. The first-order valence-electron chi connectivity index (χ1n) is 4.51. The molecule has 86 valence electrons. The number of fused-ring (bicyclic) bond motifs is 1. The zero-order chi connectivity index (χ0) is 12.0. The molecule has 1 aromatic rings. The number of rotatable bonds is 1. The molecule has 0 saturated carbocycles. The van der Waals surface area contributed by atoms with Gasteiger partial charge in [0.25, 0.3) is 10.1 Å². The number of hydrogen-bond acceptors (Lipinski definition) is 3. The van der Waals surface area contributed by atoms with Crippen LogP contribution in [0.1, 0.15) is 17.5 Å². The highest BCUT2D eigenvalue weighted by molar-refractivity contribution is 7.86. The molecular formula is C10H9ClO4S. The third-order valence-electron chi connectivity index (χ3n) is 2.56. The first-order chi connectivity index (χ1) is 7.36. The number of halogens is 1. The van der Waals surface area contributed by atoms with Crippen LogP contribution in [0.3, 0.4) is 0 Å². The Hall–Kier alpha value is -0.880. The van der Waals surface area contributed by atoms with Gasteiger partial charge in [-0.15, -0.1) is 0 Å². The summed E-state index contributed by atoms with van der Waals surface area (Å²) in [5, 5.41) is 10.2. The predicted molar refractivity (Wildman–Crippen MR) is 60.5 cm³/mol. The molecule has 0 radical (unpaired) electrons. The second-order valence-electron chi connectivity index (χ2n) is 3.57. The van der Waals surface area contributed by atoms with Crippen molar-refractivity contribution in [2.45, 2.75) is 11.4 Å². The summed E-state index contributed by atoms with van der Waals surface area (Å²) in [6.07, 6.45) is 2.91. The molecule has 0 heterocycles. The maximum atomic E-state index is 11.2. The van der Waals surface area contributed by atoms with E-state index in [2.05, 4.69) is 0 Å². The highest BCUT2D eigenvalue weighted by Crippen LogP contribution is 2.41. The van der Waals surface area contributed by atoms with Gasteiger partial charge in [0.1, 0.15) is 0 Å². The van der Waals surface area contributed by atoms with Gasteiger partial charge in [0, 0.05) is 17.0 Å². The summed E-state index contributed by atoms with van der Waals surface area (Å²) >= 11 is 5.86. The van der Waals surface area contributed by atoms with E-state index in [1.54, 1.807) is 18.2 Å². The molecule has 1 aliphatic rings. The molecule has 2 N–H and O–H groups in total. The lowest BCUT2D eigenvalue weighted by Crippen LogP contribution is -2.37. The van der Waals surface area contributed by atoms with Crippen LogP contribution in [0, 0.1) is 0 Å². The summed E-state index contributed by atoms with van der Waals surface area (Å²) in [6.45, 7) is 0. The Morgan fingerprint density at radius 1 is 1.38 bits per heavy atom. The molecule has 1 atom stereocenters. The van der Waals surface area contributed by atoms with Crippen LogP contribution >= 0.6 is 11.6 Å². The molecular weight excluding hydrogens is 252 g/mol. The van der Waals surface area contributed by atoms with Crippen LogP contribution in [0.25, 0.3) is 6.08 Å². The second kappa shape index (κ2) is 3.56. The standard InChI is InChI=1S/C10H9ClO4S/c11-8-5-1-3-7-4-2-6-10(12,9(7)8)16(13,14)15/h1-5,12H,6H2,(H,13,14,15). The third kappa shape index (κ3) is 1.56. The van der Waals surface area contributed by atoms with E-state index in [1.165, 1.54) is 12.1 Å². The van der Waals surface area contributed by atoms with Crippen molar-refractivity contribution < 1.29 is 18.1 Å². The summed E-state index contributed by atoms with van der Waals surface area (Å²) in [6, 6.07) is 4.73. The molecule has 0 aliphatic heterocycles. The topological polar surface area (TPSA) is 74.6 Å². The Morgan fingerprint density at radius 2 is 2.06 bits per heavy atom. The summed E-state index contributed by atoms with van der Waals surface area (Å²) < 4.78 is 31.6. The minimum atomic E-state index is -4.64. The number of hydrogen-bond donors (Lipinski definition) is 2. The van der Waals surface area contributed by atoms with Crippen molar-refractivity contribution >= 4 is 27.8 Å². The Bertz CT molecular complexity index is 564. The van der Waals surface area contributed by atoms with Gasteiger partial charge in [-0.1, -0.05) is 35.9 Å². The second-order valence-corrected chi connectivity index (χ2v) is 5.60. The van der Waals surface area contributed by atoms with Crippen LogP contribution in [0.4, 0.5) is 0 Å². The molecule has 16 heavy (non-hydrogen) atoms. The van der Waals surface area contributed by atoms with Crippen molar-refractivity contribution in [2.24, 2.45) is 0 Å². The fraction of sp³-hybridized carbons (Fsp3) is 0.200. The zero-order valence-electron chi connectivity index (χ0n) is 8.09. The summed E-state index contributed by atoms with van der Waals surface area (Å²) in [4.78, 5) is -2.35. The molecule has 0 fully saturated rings. The molecule has 1 unspecified atom stereocenters. The van der Waals surface area contributed by atoms with E-state index in [9.17, 15) is 13.5 Å². The first kappa shape index (κ1) is 11.6. The van der Waals surface area contributed by atoms with Crippen LogP contribution in [0.2, 0.25) is 5.02 Å². The van der Waals surface area contributed by atoms with E-state index in [-0.39, 0.29) is 17.0 Å². The average Bonchev–Trinajstić information content (AvgIpc) is 2.16. The molecule has 0 aromatic heterocycles. The predicted octanol–water partition coefficient (Wildman–Crippen LogP) is 1.79. The largest absolute Gasteiger partial charge is 0.369 e. The lowest BCUT2D eigenvalue weighted by molar-refractivity contribution is 0.114. The fourth-order valence-electron chi connectivity index (χ4n) is 1.77.